The lowest BCUT2D eigenvalue weighted by Gasteiger charge is -2.23. The lowest BCUT2D eigenvalue weighted by molar-refractivity contribution is -0.119. The van der Waals surface area contributed by atoms with Crippen LogP contribution in [0.5, 0.6) is 5.75 Å². The molecule has 1 amide bonds. The highest BCUT2D eigenvalue weighted by molar-refractivity contribution is 7.93. The summed E-state index contributed by atoms with van der Waals surface area (Å²) in [4.78, 5) is 12.2. The summed E-state index contributed by atoms with van der Waals surface area (Å²) in [7, 11) is -1.82. The van der Waals surface area contributed by atoms with Gasteiger partial charge in [-0.05, 0) is 43.9 Å². The smallest absolute Gasteiger partial charge is 0.235 e. The van der Waals surface area contributed by atoms with Gasteiger partial charge in [0.2, 0.25) is 15.9 Å². The van der Waals surface area contributed by atoms with Crippen molar-refractivity contribution in [3.05, 3.63) is 18.2 Å². The SMILES string of the molecule is COc1ccc(NC(=O)CC2CCCCO2)cc1N1CCCS1(=O)=O. The fraction of sp³-hybridized carbons (Fsp3) is 0.588. The summed E-state index contributed by atoms with van der Waals surface area (Å²) >= 11 is 0. The van der Waals surface area contributed by atoms with Gasteiger partial charge in [0.15, 0.2) is 0 Å². The van der Waals surface area contributed by atoms with Crippen LogP contribution >= 0.6 is 0 Å². The minimum absolute atomic E-state index is 0.0366. The van der Waals surface area contributed by atoms with Crippen molar-refractivity contribution in [1.82, 2.24) is 0 Å². The Balaban J connectivity index is 1.74. The van der Waals surface area contributed by atoms with Gasteiger partial charge in [0.05, 0.1) is 31.1 Å². The van der Waals surface area contributed by atoms with Crippen molar-refractivity contribution in [3.8, 4) is 5.75 Å². The zero-order chi connectivity index (χ0) is 17.9. The third kappa shape index (κ3) is 4.24. The number of sulfonamides is 1. The van der Waals surface area contributed by atoms with Gasteiger partial charge in [-0.1, -0.05) is 0 Å². The second-order valence-electron chi connectivity index (χ2n) is 6.37. The number of hydrogen-bond donors (Lipinski definition) is 1. The summed E-state index contributed by atoms with van der Waals surface area (Å²) < 4.78 is 36.6. The number of carbonyl (C=O) groups is 1. The second kappa shape index (κ2) is 7.61. The largest absolute Gasteiger partial charge is 0.495 e. The molecule has 2 aliphatic rings. The molecule has 7 nitrogen and oxygen atoms in total. The fourth-order valence-electron chi connectivity index (χ4n) is 3.26. The Bertz CT molecular complexity index is 729. The van der Waals surface area contributed by atoms with Crippen LogP contribution in [0.1, 0.15) is 32.1 Å². The first-order valence-electron chi connectivity index (χ1n) is 8.59. The maximum atomic E-state index is 12.2. The summed E-state index contributed by atoms with van der Waals surface area (Å²) in [5.74, 6) is 0.470. The molecule has 0 bridgehead atoms. The molecule has 1 unspecified atom stereocenters. The minimum Gasteiger partial charge on any atom is -0.495 e. The van der Waals surface area contributed by atoms with E-state index in [4.69, 9.17) is 9.47 Å². The molecule has 0 aromatic heterocycles. The molecule has 0 aliphatic carbocycles. The van der Waals surface area contributed by atoms with Crippen molar-refractivity contribution in [2.75, 3.05) is 35.6 Å². The van der Waals surface area contributed by atoms with Crippen LogP contribution in [0.4, 0.5) is 11.4 Å². The topological polar surface area (TPSA) is 84.9 Å². The second-order valence-corrected chi connectivity index (χ2v) is 8.38. The van der Waals surface area contributed by atoms with E-state index < -0.39 is 10.0 Å². The van der Waals surface area contributed by atoms with Gasteiger partial charge in [-0.15, -0.1) is 0 Å². The summed E-state index contributed by atoms with van der Waals surface area (Å²) in [6.07, 6.45) is 3.88. The van der Waals surface area contributed by atoms with E-state index in [-0.39, 0.29) is 17.8 Å². The Morgan fingerprint density at radius 2 is 2.20 bits per heavy atom. The van der Waals surface area contributed by atoms with E-state index in [1.807, 2.05) is 0 Å². The average Bonchev–Trinajstić information content (AvgIpc) is 2.94. The van der Waals surface area contributed by atoms with Crippen molar-refractivity contribution in [2.24, 2.45) is 0 Å². The molecule has 138 valence electrons. The van der Waals surface area contributed by atoms with Crippen molar-refractivity contribution in [1.29, 1.82) is 0 Å². The molecule has 2 saturated heterocycles. The molecular weight excluding hydrogens is 344 g/mol. The molecule has 2 aliphatic heterocycles. The molecule has 3 rings (SSSR count). The molecule has 2 heterocycles. The highest BCUT2D eigenvalue weighted by atomic mass is 32.2. The Morgan fingerprint density at radius 1 is 1.36 bits per heavy atom. The van der Waals surface area contributed by atoms with Crippen molar-refractivity contribution < 1.29 is 22.7 Å². The van der Waals surface area contributed by atoms with Crippen LogP contribution in [-0.2, 0) is 19.6 Å². The first kappa shape index (κ1) is 18.0. The van der Waals surface area contributed by atoms with Crippen LogP contribution < -0.4 is 14.4 Å². The van der Waals surface area contributed by atoms with Gasteiger partial charge in [-0.2, -0.15) is 0 Å². The van der Waals surface area contributed by atoms with Gasteiger partial charge in [0.1, 0.15) is 5.75 Å². The zero-order valence-electron chi connectivity index (χ0n) is 14.4. The maximum Gasteiger partial charge on any atom is 0.235 e. The maximum absolute atomic E-state index is 12.2. The predicted octanol–water partition coefficient (Wildman–Crippen LogP) is 2.13. The predicted molar refractivity (Wildman–Crippen MR) is 95.6 cm³/mol. The van der Waals surface area contributed by atoms with Crippen molar-refractivity contribution >= 4 is 27.3 Å². The monoisotopic (exact) mass is 368 g/mol. The van der Waals surface area contributed by atoms with Crippen molar-refractivity contribution in [3.63, 3.8) is 0 Å². The van der Waals surface area contributed by atoms with Crippen molar-refractivity contribution in [2.45, 2.75) is 38.2 Å². The lowest BCUT2D eigenvalue weighted by Crippen LogP contribution is -2.27. The number of amides is 1. The van der Waals surface area contributed by atoms with Crippen LogP contribution in [0.15, 0.2) is 18.2 Å². The molecule has 1 N–H and O–H groups in total. The summed E-state index contributed by atoms with van der Waals surface area (Å²) in [5, 5.41) is 2.84. The number of anilines is 2. The average molecular weight is 368 g/mol. The Kier molecular flexibility index (Phi) is 5.48. The van der Waals surface area contributed by atoms with Gasteiger partial charge in [0.25, 0.3) is 0 Å². The molecule has 0 saturated carbocycles. The number of ether oxygens (including phenoxy) is 2. The molecule has 8 heteroatoms. The van der Waals surface area contributed by atoms with Gasteiger partial charge in [-0.25, -0.2) is 8.42 Å². The van der Waals surface area contributed by atoms with Crippen LogP contribution in [-0.4, -0.2) is 46.4 Å². The highest BCUT2D eigenvalue weighted by Crippen LogP contribution is 2.35. The number of hydrogen-bond acceptors (Lipinski definition) is 5. The molecule has 25 heavy (non-hydrogen) atoms. The van der Waals surface area contributed by atoms with Gasteiger partial charge < -0.3 is 14.8 Å². The van der Waals surface area contributed by atoms with Gasteiger partial charge >= 0.3 is 0 Å². The van der Waals surface area contributed by atoms with E-state index in [1.54, 1.807) is 18.2 Å². The Morgan fingerprint density at radius 3 is 2.84 bits per heavy atom. The number of methoxy groups -OCH3 is 1. The summed E-state index contributed by atoms with van der Waals surface area (Å²) in [5.41, 5.74) is 1.02. The third-order valence-corrected chi connectivity index (χ3v) is 6.37. The summed E-state index contributed by atoms with van der Waals surface area (Å²) in [6.45, 7) is 1.13. The molecular formula is C17H24N2O5S. The lowest BCUT2D eigenvalue weighted by atomic mass is 10.1. The summed E-state index contributed by atoms with van der Waals surface area (Å²) in [6, 6.07) is 5.04. The van der Waals surface area contributed by atoms with Gasteiger partial charge in [0, 0.05) is 18.8 Å². The molecule has 1 aromatic rings. The number of benzene rings is 1. The standard InChI is InChI=1S/C17H24N2O5S/c1-23-16-7-6-13(11-15(16)19-8-4-10-25(19,21)22)18-17(20)12-14-5-2-3-9-24-14/h6-7,11,14H,2-5,8-10,12H2,1H3,(H,18,20). The van der Waals surface area contributed by atoms with E-state index in [2.05, 4.69) is 5.32 Å². The van der Waals surface area contributed by atoms with Crippen LogP contribution in [0.3, 0.4) is 0 Å². The molecule has 2 fully saturated rings. The number of nitrogens with one attached hydrogen (secondary N) is 1. The first-order valence-corrected chi connectivity index (χ1v) is 10.2. The van der Waals surface area contributed by atoms with Crippen LogP contribution in [0, 0.1) is 0 Å². The zero-order valence-corrected chi connectivity index (χ0v) is 15.2. The van der Waals surface area contributed by atoms with Gasteiger partial charge in [-0.3, -0.25) is 9.10 Å². The molecule has 1 aromatic carbocycles. The van der Waals surface area contributed by atoms with Crippen LogP contribution in [0.2, 0.25) is 0 Å². The number of rotatable bonds is 5. The quantitative estimate of drug-likeness (QED) is 0.861. The molecule has 0 radical (unpaired) electrons. The van der Waals surface area contributed by atoms with E-state index in [0.29, 0.717) is 43.1 Å². The third-order valence-electron chi connectivity index (χ3n) is 4.52. The van der Waals surface area contributed by atoms with E-state index in [0.717, 1.165) is 19.3 Å². The fourth-order valence-corrected chi connectivity index (χ4v) is 4.82. The normalized spacial score (nSPS) is 22.6. The minimum atomic E-state index is -3.32. The number of nitrogens with zero attached hydrogens (tertiary/aromatic N) is 1. The van der Waals surface area contributed by atoms with E-state index in [9.17, 15) is 13.2 Å². The van der Waals surface area contributed by atoms with Crippen LogP contribution in [0.25, 0.3) is 0 Å². The number of carbonyl (C=O) groups excluding carboxylic acids is 1. The first-order chi connectivity index (χ1) is 12.0. The van der Waals surface area contributed by atoms with E-state index >= 15 is 0 Å². The molecule has 1 atom stereocenters. The molecule has 0 spiro atoms. The van der Waals surface area contributed by atoms with E-state index in [1.165, 1.54) is 11.4 Å². The highest BCUT2D eigenvalue weighted by Gasteiger charge is 2.30. The Hall–Kier alpha value is -1.80. The Labute approximate surface area is 148 Å².